The zero-order valence-corrected chi connectivity index (χ0v) is 7.29. The number of hydrogen-bond acceptors (Lipinski definition) is 2. The fraction of sp³-hybridized carbons (Fsp3) is 0.600. The van der Waals surface area contributed by atoms with Gasteiger partial charge >= 0.3 is 0 Å². The summed E-state index contributed by atoms with van der Waals surface area (Å²) in [4.78, 5) is 3.84. The normalized spacial score (nSPS) is 21.6. The predicted octanol–water partition coefficient (Wildman–Crippen LogP) is 3.17. The number of allylic oxidation sites excluding steroid dienone is 3. The van der Waals surface area contributed by atoms with Crippen molar-refractivity contribution in [2.75, 3.05) is 0 Å². The molecule has 1 N–H and O–H groups in total. The summed E-state index contributed by atoms with van der Waals surface area (Å²) in [6, 6.07) is 0. The van der Waals surface area contributed by atoms with Gasteiger partial charge in [-0.3, -0.25) is 5.26 Å². The molecule has 0 heterocycles. The summed E-state index contributed by atoms with van der Waals surface area (Å²) >= 11 is 0. The lowest BCUT2D eigenvalue weighted by molar-refractivity contribution is -0.297. The van der Waals surface area contributed by atoms with Crippen LogP contribution >= 0.6 is 0 Å². The Morgan fingerprint density at radius 2 is 2.25 bits per heavy atom. The first-order valence-corrected chi connectivity index (χ1v) is 3.61. The van der Waals surface area contributed by atoms with Crippen molar-refractivity contribution in [1.82, 2.24) is 0 Å². The van der Waals surface area contributed by atoms with Gasteiger partial charge < -0.3 is 0 Å². The van der Waals surface area contributed by atoms with Crippen LogP contribution < -0.4 is 0 Å². The van der Waals surface area contributed by atoms with Crippen molar-refractivity contribution in [2.24, 2.45) is 0 Å². The Hall–Kier alpha value is -0.600. The lowest BCUT2D eigenvalue weighted by Crippen LogP contribution is -2.18. The molecule has 0 spiro atoms. The topological polar surface area (TPSA) is 29.5 Å². The van der Waals surface area contributed by atoms with E-state index in [4.69, 9.17) is 13.5 Å². The van der Waals surface area contributed by atoms with Gasteiger partial charge in [-0.1, -0.05) is 23.8 Å². The first-order valence-electron chi connectivity index (χ1n) is 6.61. The number of hydrogen-bond donors (Lipinski definition) is 1. The van der Waals surface area contributed by atoms with Crippen molar-refractivity contribution in [3.05, 3.63) is 23.8 Å². The summed E-state index contributed by atoms with van der Waals surface area (Å²) in [6.45, 7) is -2.29. The molecular formula is C10H18O2. The molecule has 0 unspecified atom stereocenters. The first-order chi connectivity index (χ1) is 7.98. The molecule has 0 rings (SSSR count). The highest BCUT2D eigenvalue weighted by molar-refractivity contribution is 5.03. The molecule has 12 heavy (non-hydrogen) atoms. The average molecular weight is 176 g/mol. The summed E-state index contributed by atoms with van der Waals surface area (Å²) in [5.41, 5.74) is -1.69. The van der Waals surface area contributed by atoms with E-state index >= 15 is 0 Å². The molecule has 0 bridgehead atoms. The molecule has 0 aromatic rings. The van der Waals surface area contributed by atoms with Crippen molar-refractivity contribution in [3.8, 4) is 0 Å². The van der Waals surface area contributed by atoms with E-state index < -0.39 is 19.3 Å². The van der Waals surface area contributed by atoms with Gasteiger partial charge in [0, 0.05) is 8.22 Å². The van der Waals surface area contributed by atoms with E-state index in [2.05, 4.69) is 4.89 Å². The summed E-state index contributed by atoms with van der Waals surface area (Å²) in [5.74, 6) is 0. The molecule has 0 atom stereocenters. The molecular weight excluding hydrogens is 152 g/mol. The van der Waals surface area contributed by atoms with Crippen molar-refractivity contribution >= 4 is 0 Å². The predicted molar refractivity (Wildman–Crippen MR) is 51.0 cm³/mol. The van der Waals surface area contributed by atoms with Gasteiger partial charge in [0.2, 0.25) is 0 Å². The quantitative estimate of drug-likeness (QED) is 0.405. The van der Waals surface area contributed by atoms with Crippen LogP contribution in [0.4, 0.5) is 0 Å². The van der Waals surface area contributed by atoms with E-state index in [1.54, 1.807) is 6.08 Å². The van der Waals surface area contributed by atoms with Crippen LogP contribution in [0.25, 0.3) is 0 Å². The van der Waals surface area contributed by atoms with Crippen molar-refractivity contribution in [1.29, 1.82) is 0 Å². The highest BCUT2D eigenvalue weighted by Crippen LogP contribution is 2.09. The van der Waals surface area contributed by atoms with Crippen LogP contribution in [0, 0.1) is 0 Å². The SMILES string of the molecule is [2H]C([2H])([2H])C(/C=C/CC=C(C)C)(OO)C([2H])([2H])[2H]. The smallest absolute Gasteiger partial charge is 0.116 e. The second-order valence-electron chi connectivity index (χ2n) is 2.75. The Bertz CT molecular complexity index is 308. The highest BCUT2D eigenvalue weighted by atomic mass is 17.1. The standard InChI is InChI=1S/C10H18O2/c1-9(2)7-5-6-8-10(3,4)12-11/h6-8,11H,5H2,1-4H3/b8-6+/i3D3,4D3. The molecule has 0 saturated heterocycles. The van der Waals surface area contributed by atoms with Gasteiger partial charge in [-0.2, -0.15) is 0 Å². The fourth-order valence-corrected chi connectivity index (χ4v) is 0.568. The number of rotatable bonds is 4. The molecule has 0 aromatic heterocycles. The minimum absolute atomic E-state index is 0.361. The third-order valence-corrected chi connectivity index (χ3v) is 1.16. The van der Waals surface area contributed by atoms with E-state index in [-0.39, 0.29) is 0 Å². The molecule has 0 aliphatic rings. The highest BCUT2D eigenvalue weighted by Gasteiger charge is 2.12. The van der Waals surface area contributed by atoms with Crippen molar-refractivity contribution < 1.29 is 18.4 Å². The van der Waals surface area contributed by atoms with E-state index in [1.807, 2.05) is 13.8 Å². The minimum atomic E-state index is -3.01. The summed E-state index contributed by atoms with van der Waals surface area (Å²) in [7, 11) is 0. The Labute approximate surface area is 82.9 Å². The maximum atomic E-state index is 8.77. The lowest BCUT2D eigenvalue weighted by Gasteiger charge is -2.14. The molecule has 0 saturated carbocycles. The van der Waals surface area contributed by atoms with Gasteiger partial charge in [-0.15, -0.1) is 0 Å². The molecule has 0 amide bonds. The Morgan fingerprint density at radius 1 is 1.58 bits per heavy atom. The average Bonchev–Trinajstić information content (AvgIpc) is 2.13. The van der Waals surface area contributed by atoms with Crippen LogP contribution in [-0.4, -0.2) is 10.9 Å². The van der Waals surface area contributed by atoms with Gasteiger partial charge in [0.1, 0.15) is 5.60 Å². The van der Waals surface area contributed by atoms with Crippen molar-refractivity contribution in [3.63, 3.8) is 0 Å². The van der Waals surface area contributed by atoms with E-state index in [9.17, 15) is 0 Å². The molecule has 0 aromatic carbocycles. The molecule has 0 fully saturated rings. The molecule has 0 aliphatic carbocycles. The van der Waals surface area contributed by atoms with E-state index in [1.165, 1.54) is 6.08 Å². The Balaban J connectivity index is 5.31. The van der Waals surface area contributed by atoms with Crippen LogP contribution in [0.3, 0.4) is 0 Å². The van der Waals surface area contributed by atoms with Crippen LogP contribution in [0.2, 0.25) is 0 Å². The zero-order chi connectivity index (χ0) is 14.6. The molecule has 2 nitrogen and oxygen atoms in total. The van der Waals surface area contributed by atoms with E-state index in [0.717, 1.165) is 11.6 Å². The van der Waals surface area contributed by atoms with Crippen LogP contribution in [0.15, 0.2) is 23.8 Å². The van der Waals surface area contributed by atoms with Gasteiger partial charge in [0.15, 0.2) is 0 Å². The maximum Gasteiger partial charge on any atom is 0.116 e. The summed E-state index contributed by atoms with van der Waals surface area (Å²) in [6.07, 6.45) is 4.38. The molecule has 70 valence electrons. The van der Waals surface area contributed by atoms with Crippen LogP contribution in [0.1, 0.15) is 42.2 Å². The van der Waals surface area contributed by atoms with Crippen molar-refractivity contribution in [2.45, 2.75) is 39.6 Å². The first kappa shape index (κ1) is 4.58. The van der Waals surface area contributed by atoms with Gasteiger partial charge in [0.25, 0.3) is 0 Å². The lowest BCUT2D eigenvalue weighted by atomic mass is 10.1. The van der Waals surface area contributed by atoms with E-state index in [0.29, 0.717) is 6.42 Å². The largest absolute Gasteiger partial charge is 0.251 e. The monoisotopic (exact) mass is 176 g/mol. The minimum Gasteiger partial charge on any atom is -0.251 e. The Morgan fingerprint density at radius 3 is 2.67 bits per heavy atom. The third kappa shape index (κ3) is 6.13. The fourth-order valence-electron chi connectivity index (χ4n) is 0.568. The molecule has 0 radical (unpaired) electrons. The molecule has 0 aliphatic heterocycles. The zero-order valence-electron chi connectivity index (χ0n) is 13.3. The second kappa shape index (κ2) is 5.12. The third-order valence-electron chi connectivity index (χ3n) is 1.16. The van der Waals surface area contributed by atoms with Crippen LogP contribution in [-0.2, 0) is 4.89 Å². The van der Waals surface area contributed by atoms with Crippen LogP contribution in [0.5, 0.6) is 0 Å². The summed E-state index contributed by atoms with van der Waals surface area (Å²) in [5, 5.41) is 8.77. The van der Waals surface area contributed by atoms with Gasteiger partial charge in [-0.05, 0) is 34.0 Å². The molecule has 2 heteroatoms. The van der Waals surface area contributed by atoms with Gasteiger partial charge in [-0.25, -0.2) is 4.89 Å². The Kier molecular flexibility index (Phi) is 1.96. The second-order valence-corrected chi connectivity index (χ2v) is 2.75. The summed E-state index contributed by atoms with van der Waals surface area (Å²) < 4.78 is 43.4. The van der Waals surface area contributed by atoms with Gasteiger partial charge in [0.05, 0.1) is 0 Å². The maximum absolute atomic E-state index is 8.77.